The van der Waals surface area contributed by atoms with Crippen molar-refractivity contribution in [2.45, 2.75) is 51.0 Å². The number of amides is 1. The Bertz CT molecular complexity index is 1390. The summed E-state index contributed by atoms with van der Waals surface area (Å²) in [7, 11) is 8.20. The van der Waals surface area contributed by atoms with E-state index in [1.807, 2.05) is 36.4 Å². The van der Waals surface area contributed by atoms with Crippen molar-refractivity contribution in [2.24, 2.45) is 11.8 Å². The van der Waals surface area contributed by atoms with E-state index in [1.165, 1.54) is 7.11 Å². The van der Waals surface area contributed by atoms with Crippen LogP contribution in [0.1, 0.15) is 44.2 Å². The SMILES string of the molecule is COCC(=O)NN1CCC(CO[N+](=O)[O-])C(Oc2ccccc2CCN(C)CCCC(C#N)(c2cc(OC)c(OC)c(OC)c2)C(C)C)C1. The number of hydrogen-bond donors (Lipinski definition) is 1. The molecule has 1 heterocycles. The Labute approximate surface area is 289 Å². The second-order valence-electron chi connectivity index (χ2n) is 12.6. The lowest BCUT2D eigenvalue weighted by Crippen LogP contribution is -2.55. The molecule has 1 fully saturated rings. The van der Waals surface area contributed by atoms with Gasteiger partial charge in [-0.05, 0) is 74.5 Å². The molecule has 270 valence electrons. The molecule has 0 spiro atoms. The van der Waals surface area contributed by atoms with Crippen LogP contribution in [0.15, 0.2) is 36.4 Å². The van der Waals surface area contributed by atoms with Gasteiger partial charge in [0, 0.05) is 26.1 Å². The molecule has 3 unspecified atom stereocenters. The Balaban J connectivity index is 1.67. The first-order valence-electron chi connectivity index (χ1n) is 16.5. The van der Waals surface area contributed by atoms with E-state index in [0.29, 0.717) is 55.4 Å². The van der Waals surface area contributed by atoms with Crippen molar-refractivity contribution < 1.29 is 38.4 Å². The van der Waals surface area contributed by atoms with E-state index in [1.54, 1.807) is 26.3 Å². The number of nitrogens with one attached hydrogen (secondary N) is 1. The van der Waals surface area contributed by atoms with Gasteiger partial charge in [-0.15, -0.1) is 10.1 Å². The van der Waals surface area contributed by atoms with Gasteiger partial charge in [-0.1, -0.05) is 32.0 Å². The Morgan fingerprint density at radius 3 is 2.41 bits per heavy atom. The van der Waals surface area contributed by atoms with E-state index >= 15 is 0 Å². The largest absolute Gasteiger partial charge is 0.493 e. The number of piperidine rings is 1. The first kappa shape index (κ1) is 39.1. The van der Waals surface area contributed by atoms with Gasteiger partial charge in [0.15, 0.2) is 11.5 Å². The van der Waals surface area contributed by atoms with Gasteiger partial charge in [-0.25, -0.2) is 5.01 Å². The third kappa shape index (κ3) is 10.6. The van der Waals surface area contributed by atoms with E-state index in [9.17, 15) is 20.2 Å². The van der Waals surface area contributed by atoms with E-state index in [2.05, 4.69) is 37.3 Å². The standard InChI is InChI=1S/C35H51N5O9/c1-25(2)35(24-36,28-19-30(45-5)34(47-7)31(20-28)46-6)15-10-16-38(3)17-13-26-11-8-9-12-29(26)49-32-21-39(37-33(41)23-44-4)18-14-27(32)22-48-40(42)43/h8-9,11-12,19-20,25,27,32H,10,13-18,21-23H2,1-7H3,(H,37,41). The molecule has 49 heavy (non-hydrogen) atoms. The number of likely N-dealkylation sites (N-methyl/N-ethyl adjacent to an activating group) is 1. The first-order valence-corrected chi connectivity index (χ1v) is 16.5. The van der Waals surface area contributed by atoms with Gasteiger partial charge in [0.1, 0.15) is 25.1 Å². The topological polar surface area (TPSA) is 158 Å². The molecule has 0 aliphatic carbocycles. The summed E-state index contributed by atoms with van der Waals surface area (Å²) in [5, 5.41) is 22.4. The van der Waals surface area contributed by atoms with Crippen LogP contribution < -0.4 is 24.4 Å². The summed E-state index contributed by atoms with van der Waals surface area (Å²) in [6, 6.07) is 14.1. The molecule has 0 saturated carbocycles. The lowest BCUT2D eigenvalue weighted by molar-refractivity contribution is -0.759. The Morgan fingerprint density at radius 1 is 1.12 bits per heavy atom. The number of carbonyl (C=O) groups excluding carboxylic acids is 1. The average molecular weight is 686 g/mol. The highest BCUT2D eigenvalue weighted by atomic mass is 16.9. The van der Waals surface area contributed by atoms with E-state index < -0.39 is 16.6 Å². The lowest BCUT2D eigenvalue weighted by atomic mass is 9.69. The molecular weight excluding hydrogens is 634 g/mol. The summed E-state index contributed by atoms with van der Waals surface area (Å²) >= 11 is 0. The maximum atomic E-state index is 12.1. The number of ether oxygens (including phenoxy) is 5. The van der Waals surface area contributed by atoms with Crippen LogP contribution in [0.5, 0.6) is 23.0 Å². The van der Waals surface area contributed by atoms with Crippen LogP contribution in [-0.2, 0) is 26.2 Å². The van der Waals surface area contributed by atoms with E-state index in [4.69, 9.17) is 28.5 Å². The maximum absolute atomic E-state index is 12.1. The van der Waals surface area contributed by atoms with Crippen molar-refractivity contribution in [3.05, 3.63) is 57.6 Å². The summed E-state index contributed by atoms with van der Waals surface area (Å²) in [5.74, 6) is 1.70. The maximum Gasteiger partial charge on any atom is 0.294 e. The third-order valence-electron chi connectivity index (χ3n) is 9.14. The fraction of sp³-hybridized carbons (Fsp3) is 0.600. The third-order valence-corrected chi connectivity index (χ3v) is 9.14. The van der Waals surface area contributed by atoms with Crippen molar-refractivity contribution in [1.29, 1.82) is 5.26 Å². The Hall–Kier alpha value is -4.32. The molecular formula is C35H51N5O9. The average Bonchev–Trinajstić information content (AvgIpc) is 3.08. The molecule has 3 atom stereocenters. The molecule has 0 radical (unpaired) electrons. The quantitative estimate of drug-likeness (QED) is 0.158. The minimum Gasteiger partial charge on any atom is -0.493 e. The number of methoxy groups -OCH3 is 4. The van der Waals surface area contributed by atoms with Gasteiger partial charge >= 0.3 is 0 Å². The zero-order chi connectivity index (χ0) is 36.0. The predicted octanol–water partition coefficient (Wildman–Crippen LogP) is 4.04. The number of hydrazine groups is 1. The summed E-state index contributed by atoms with van der Waals surface area (Å²) in [4.78, 5) is 30.0. The molecule has 1 saturated heterocycles. The minimum atomic E-state index is -0.792. The molecule has 2 aromatic carbocycles. The predicted molar refractivity (Wildman–Crippen MR) is 182 cm³/mol. The van der Waals surface area contributed by atoms with E-state index in [-0.39, 0.29) is 31.0 Å². The van der Waals surface area contributed by atoms with Crippen molar-refractivity contribution in [3.8, 4) is 29.1 Å². The van der Waals surface area contributed by atoms with Gasteiger partial charge in [-0.2, -0.15) is 5.26 Å². The smallest absolute Gasteiger partial charge is 0.294 e. The molecule has 3 rings (SSSR count). The lowest BCUT2D eigenvalue weighted by Gasteiger charge is -2.38. The minimum absolute atomic E-state index is 0.0261. The van der Waals surface area contributed by atoms with Crippen molar-refractivity contribution >= 4 is 5.91 Å². The fourth-order valence-electron chi connectivity index (χ4n) is 6.28. The van der Waals surface area contributed by atoms with Crippen LogP contribution in [0.4, 0.5) is 0 Å². The molecule has 1 amide bonds. The second kappa shape index (κ2) is 19.0. The number of nitrogens with zero attached hydrogens (tertiary/aromatic N) is 4. The molecule has 1 aliphatic heterocycles. The molecule has 0 aromatic heterocycles. The summed E-state index contributed by atoms with van der Waals surface area (Å²) < 4.78 is 28.1. The van der Waals surface area contributed by atoms with Crippen molar-refractivity contribution in [3.63, 3.8) is 0 Å². The highest BCUT2D eigenvalue weighted by Gasteiger charge is 2.37. The molecule has 14 nitrogen and oxygen atoms in total. The van der Waals surface area contributed by atoms with Crippen LogP contribution in [0, 0.1) is 33.3 Å². The molecule has 1 N–H and O–H groups in total. The molecule has 14 heteroatoms. The number of rotatable bonds is 20. The normalized spacial score (nSPS) is 17.6. The molecule has 2 aromatic rings. The summed E-state index contributed by atoms with van der Waals surface area (Å²) in [6.07, 6.45) is 2.19. The van der Waals surface area contributed by atoms with Crippen LogP contribution in [0.3, 0.4) is 0 Å². The number of benzene rings is 2. The van der Waals surface area contributed by atoms with Gasteiger partial charge in [0.05, 0.1) is 39.4 Å². The first-order chi connectivity index (χ1) is 23.5. The van der Waals surface area contributed by atoms with Crippen LogP contribution >= 0.6 is 0 Å². The zero-order valence-corrected chi connectivity index (χ0v) is 29.7. The Kier molecular flexibility index (Phi) is 15.2. The van der Waals surface area contributed by atoms with Crippen LogP contribution in [-0.4, -0.2) is 102 Å². The molecule has 1 aliphatic rings. The van der Waals surface area contributed by atoms with Crippen LogP contribution in [0.2, 0.25) is 0 Å². The fourth-order valence-corrected chi connectivity index (χ4v) is 6.28. The monoisotopic (exact) mass is 685 g/mol. The second-order valence-corrected chi connectivity index (χ2v) is 12.6. The number of para-hydroxylation sites is 1. The van der Waals surface area contributed by atoms with Crippen molar-refractivity contribution in [1.82, 2.24) is 15.3 Å². The van der Waals surface area contributed by atoms with Gasteiger partial charge in [-0.3, -0.25) is 10.2 Å². The summed E-state index contributed by atoms with van der Waals surface area (Å²) in [5.41, 5.74) is 3.87. The van der Waals surface area contributed by atoms with Gasteiger partial charge in [0.25, 0.3) is 11.0 Å². The summed E-state index contributed by atoms with van der Waals surface area (Å²) in [6.45, 7) is 6.27. The Morgan fingerprint density at radius 2 is 1.82 bits per heavy atom. The number of hydrogen-bond acceptors (Lipinski definition) is 12. The molecule has 0 bridgehead atoms. The number of nitriles is 1. The van der Waals surface area contributed by atoms with Gasteiger partial charge in [0.2, 0.25) is 5.75 Å². The van der Waals surface area contributed by atoms with Gasteiger partial charge < -0.3 is 33.4 Å². The van der Waals surface area contributed by atoms with Crippen molar-refractivity contribution in [2.75, 3.05) is 74.9 Å². The van der Waals surface area contributed by atoms with Crippen LogP contribution in [0.25, 0.3) is 0 Å². The zero-order valence-electron chi connectivity index (χ0n) is 29.7. The van der Waals surface area contributed by atoms with E-state index in [0.717, 1.165) is 30.6 Å². The highest BCUT2D eigenvalue weighted by Crippen LogP contribution is 2.45. The highest BCUT2D eigenvalue weighted by molar-refractivity contribution is 5.76. The number of carbonyl (C=O) groups is 1.